The van der Waals surface area contributed by atoms with Gasteiger partial charge >= 0.3 is 5.82 Å². The number of ether oxygens (including phenoxy) is 2. The molecule has 0 aromatic carbocycles. The molecule has 0 spiro atoms. The van der Waals surface area contributed by atoms with Crippen LogP contribution in [0.5, 0.6) is 5.75 Å². The molecule has 134 valence electrons. The Kier molecular flexibility index (Phi) is 5.87. The third kappa shape index (κ3) is 4.03. The highest BCUT2D eigenvalue weighted by Gasteiger charge is 2.21. The molecule has 2 heterocycles. The number of carbonyl (C=O) groups excluding carboxylic acids is 1. The van der Waals surface area contributed by atoms with Crippen molar-refractivity contribution < 1.29 is 19.2 Å². The van der Waals surface area contributed by atoms with Gasteiger partial charge in [-0.15, -0.1) is 0 Å². The van der Waals surface area contributed by atoms with E-state index in [1.165, 1.54) is 18.3 Å². The molecular formula is C17H21N3O5. The van der Waals surface area contributed by atoms with Crippen LogP contribution in [0.4, 0.5) is 5.82 Å². The van der Waals surface area contributed by atoms with Crippen LogP contribution in [0.2, 0.25) is 0 Å². The highest BCUT2D eigenvalue weighted by Crippen LogP contribution is 2.24. The molecule has 0 bridgehead atoms. The lowest BCUT2D eigenvalue weighted by atomic mass is 10.1. The Labute approximate surface area is 145 Å². The minimum atomic E-state index is -0.641. The number of aryl methyl sites for hydroxylation is 1. The molecule has 0 aliphatic rings. The molecule has 25 heavy (non-hydrogen) atoms. The van der Waals surface area contributed by atoms with Crippen LogP contribution in [0, 0.1) is 24.0 Å². The number of nitrogens with zero attached hydrogens (tertiary/aromatic N) is 3. The summed E-state index contributed by atoms with van der Waals surface area (Å²) in [5.41, 5.74) is 2.29. The third-order valence-electron chi connectivity index (χ3n) is 3.92. The zero-order valence-corrected chi connectivity index (χ0v) is 14.7. The molecule has 1 unspecified atom stereocenters. The van der Waals surface area contributed by atoms with Crippen LogP contribution in [-0.2, 0) is 4.74 Å². The van der Waals surface area contributed by atoms with Crippen molar-refractivity contribution in [1.82, 2.24) is 9.55 Å². The molecule has 2 aromatic rings. The van der Waals surface area contributed by atoms with E-state index in [0.29, 0.717) is 12.2 Å². The number of methoxy groups -OCH3 is 1. The minimum absolute atomic E-state index is 0.0255. The number of ketones is 1. The predicted octanol–water partition coefficient (Wildman–Crippen LogP) is 2.88. The van der Waals surface area contributed by atoms with Gasteiger partial charge in [0.05, 0.1) is 12.6 Å². The van der Waals surface area contributed by atoms with E-state index in [2.05, 4.69) is 4.98 Å². The first-order valence-electron chi connectivity index (χ1n) is 7.79. The van der Waals surface area contributed by atoms with Crippen molar-refractivity contribution in [1.29, 1.82) is 0 Å². The Hall–Kier alpha value is -2.74. The van der Waals surface area contributed by atoms with E-state index < -0.39 is 10.7 Å². The topological polar surface area (TPSA) is 96.5 Å². The zero-order valence-electron chi connectivity index (χ0n) is 14.7. The second-order valence-corrected chi connectivity index (χ2v) is 5.75. The van der Waals surface area contributed by atoms with E-state index in [0.717, 1.165) is 11.4 Å². The van der Waals surface area contributed by atoms with Gasteiger partial charge in [0, 0.05) is 24.1 Å². The number of carbonyl (C=O) groups is 1. The maximum absolute atomic E-state index is 12.5. The largest absolute Gasteiger partial charge is 0.477 e. The van der Waals surface area contributed by atoms with Crippen LogP contribution < -0.4 is 4.74 Å². The lowest BCUT2D eigenvalue weighted by molar-refractivity contribution is -0.390. The van der Waals surface area contributed by atoms with E-state index in [1.807, 2.05) is 25.3 Å². The zero-order chi connectivity index (χ0) is 18.6. The van der Waals surface area contributed by atoms with Crippen molar-refractivity contribution in [2.75, 3.05) is 20.3 Å². The molecular weight excluding hydrogens is 326 g/mol. The molecule has 0 saturated carbocycles. The van der Waals surface area contributed by atoms with Crippen LogP contribution in [-0.4, -0.2) is 40.6 Å². The number of rotatable bonds is 8. The van der Waals surface area contributed by atoms with Crippen molar-refractivity contribution in [3.63, 3.8) is 0 Å². The molecule has 0 aliphatic heterocycles. The molecule has 0 aliphatic carbocycles. The molecule has 1 atom stereocenters. The van der Waals surface area contributed by atoms with Crippen LogP contribution in [0.15, 0.2) is 24.4 Å². The fourth-order valence-corrected chi connectivity index (χ4v) is 2.91. The van der Waals surface area contributed by atoms with E-state index in [9.17, 15) is 14.9 Å². The summed E-state index contributed by atoms with van der Waals surface area (Å²) >= 11 is 0. The van der Waals surface area contributed by atoms with E-state index in [4.69, 9.17) is 9.47 Å². The summed E-state index contributed by atoms with van der Waals surface area (Å²) < 4.78 is 12.5. The Morgan fingerprint density at radius 2 is 2.16 bits per heavy atom. The van der Waals surface area contributed by atoms with Crippen molar-refractivity contribution in [3.05, 3.63) is 51.5 Å². The SMILES string of the molecule is COCC(C)n1c(C)cc(C(=O)COc2cccnc2[N+](=O)[O-])c1C. The molecule has 0 N–H and O–H groups in total. The lowest BCUT2D eigenvalue weighted by Crippen LogP contribution is -2.16. The van der Waals surface area contributed by atoms with Gasteiger partial charge in [0.15, 0.2) is 6.61 Å². The molecule has 2 aromatic heterocycles. The Bertz CT molecular complexity index is 785. The highest BCUT2D eigenvalue weighted by atomic mass is 16.6. The van der Waals surface area contributed by atoms with Crippen LogP contribution >= 0.6 is 0 Å². The predicted molar refractivity (Wildman–Crippen MR) is 91.2 cm³/mol. The smallest absolute Gasteiger partial charge is 0.406 e. The summed E-state index contributed by atoms with van der Waals surface area (Å²) in [7, 11) is 1.63. The van der Waals surface area contributed by atoms with Gasteiger partial charge < -0.3 is 24.2 Å². The molecule has 8 heteroatoms. The third-order valence-corrected chi connectivity index (χ3v) is 3.92. The number of aromatic nitrogens is 2. The van der Waals surface area contributed by atoms with Gasteiger partial charge in [-0.25, -0.2) is 0 Å². The van der Waals surface area contributed by atoms with Crippen molar-refractivity contribution in [2.24, 2.45) is 0 Å². The molecule has 0 radical (unpaired) electrons. The van der Waals surface area contributed by atoms with Gasteiger partial charge in [0.2, 0.25) is 11.5 Å². The van der Waals surface area contributed by atoms with Gasteiger partial charge in [-0.1, -0.05) is 0 Å². The average Bonchev–Trinajstić information content (AvgIpc) is 2.87. The Morgan fingerprint density at radius 3 is 2.80 bits per heavy atom. The van der Waals surface area contributed by atoms with Crippen molar-refractivity contribution in [3.8, 4) is 5.75 Å². The fourth-order valence-electron chi connectivity index (χ4n) is 2.91. The summed E-state index contributed by atoms with van der Waals surface area (Å²) in [6.45, 7) is 6.02. The standard InChI is InChI=1S/C17H21N3O5/c1-11-8-14(13(3)19(11)12(2)9-24-4)15(21)10-25-16-6-5-7-18-17(16)20(22)23/h5-8,12H,9-10H2,1-4H3. The summed E-state index contributed by atoms with van der Waals surface area (Å²) in [4.78, 5) is 26.5. The summed E-state index contributed by atoms with van der Waals surface area (Å²) in [5, 5.41) is 10.9. The maximum atomic E-state index is 12.5. The van der Waals surface area contributed by atoms with E-state index >= 15 is 0 Å². The Balaban J connectivity index is 2.17. The quantitative estimate of drug-likeness (QED) is 0.414. The van der Waals surface area contributed by atoms with Gasteiger partial charge in [0.1, 0.15) is 6.20 Å². The molecule has 0 saturated heterocycles. The maximum Gasteiger partial charge on any atom is 0.406 e. The van der Waals surface area contributed by atoms with E-state index in [-0.39, 0.29) is 24.2 Å². The first kappa shape index (κ1) is 18.6. The summed E-state index contributed by atoms with van der Waals surface area (Å²) in [6, 6.07) is 4.82. The first-order valence-corrected chi connectivity index (χ1v) is 7.79. The monoisotopic (exact) mass is 347 g/mol. The number of nitro groups is 1. The van der Waals surface area contributed by atoms with Gasteiger partial charge in [0.25, 0.3) is 0 Å². The normalized spacial score (nSPS) is 12.0. The van der Waals surface area contributed by atoms with Crippen LogP contribution in [0.25, 0.3) is 0 Å². The molecule has 0 fully saturated rings. The van der Waals surface area contributed by atoms with Crippen molar-refractivity contribution in [2.45, 2.75) is 26.8 Å². The number of hydrogen-bond donors (Lipinski definition) is 0. The van der Waals surface area contributed by atoms with Gasteiger partial charge in [-0.2, -0.15) is 0 Å². The fraction of sp³-hybridized carbons (Fsp3) is 0.412. The molecule has 0 amide bonds. The average molecular weight is 347 g/mol. The van der Waals surface area contributed by atoms with Crippen LogP contribution in [0.1, 0.15) is 34.7 Å². The van der Waals surface area contributed by atoms with Crippen molar-refractivity contribution >= 4 is 11.6 Å². The van der Waals surface area contributed by atoms with Gasteiger partial charge in [-0.3, -0.25) is 4.79 Å². The molecule has 8 nitrogen and oxygen atoms in total. The first-order chi connectivity index (χ1) is 11.9. The summed E-state index contributed by atoms with van der Waals surface area (Å²) in [6.07, 6.45) is 1.30. The second kappa shape index (κ2) is 7.89. The number of Topliss-reactive ketones (excluding diaryl/α,β-unsaturated/α-hetero) is 1. The summed E-state index contributed by atoms with van der Waals surface area (Å²) in [5.74, 6) is -0.681. The number of hydrogen-bond acceptors (Lipinski definition) is 6. The Morgan fingerprint density at radius 1 is 1.44 bits per heavy atom. The van der Waals surface area contributed by atoms with Gasteiger partial charge in [-0.05, 0) is 48.9 Å². The molecule has 2 rings (SSSR count). The second-order valence-electron chi connectivity index (χ2n) is 5.75. The minimum Gasteiger partial charge on any atom is -0.477 e. The highest BCUT2D eigenvalue weighted by molar-refractivity contribution is 5.98. The number of pyridine rings is 1. The van der Waals surface area contributed by atoms with E-state index in [1.54, 1.807) is 13.2 Å². The lowest BCUT2D eigenvalue weighted by Gasteiger charge is -2.17. The van der Waals surface area contributed by atoms with Crippen LogP contribution in [0.3, 0.4) is 0 Å².